The summed E-state index contributed by atoms with van der Waals surface area (Å²) in [5, 5.41) is 0. The fourth-order valence-corrected chi connectivity index (χ4v) is 2.21. The van der Waals surface area contributed by atoms with Crippen molar-refractivity contribution in [2.45, 2.75) is 19.1 Å². The van der Waals surface area contributed by atoms with Gasteiger partial charge in [-0.1, -0.05) is 6.07 Å². The molecule has 0 unspecified atom stereocenters. The molecule has 0 aliphatic carbocycles. The van der Waals surface area contributed by atoms with Crippen LogP contribution in [0.3, 0.4) is 0 Å². The second kappa shape index (κ2) is 5.79. The van der Waals surface area contributed by atoms with Crippen molar-refractivity contribution in [3.05, 3.63) is 29.3 Å². The smallest absolute Gasteiger partial charge is 0.399 e. The van der Waals surface area contributed by atoms with E-state index < -0.39 is 12.8 Å². The molecule has 1 heterocycles. The molecule has 3 nitrogen and oxygen atoms in total. The Labute approximate surface area is 110 Å². The molecule has 1 aromatic carbocycles. The Morgan fingerprint density at radius 1 is 1.26 bits per heavy atom. The van der Waals surface area contributed by atoms with Crippen molar-refractivity contribution in [1.29, 1.82) is 0 Å². The summed E-state index contributed by atoms with van der Waals surface area (Å²) in [4.78, 5) is 2.08. The van der Waals surface area contributed by atoms with Gasteiger partial charge in [-0.3, -0.25) is 4.90 Å². The summed E-state index contributed by atoms with van der Waals surface area (Å²) in [6.45, 7) is 0.980. The molecule has 19 heavy (non-hydrogen) atoms. The number of alkyl halides is 3. The molecule has 0 aromatic heterocycles. The number of rotatable bonds is 4. The number of benzene rings is 1. The Balaban J connectivity index is 1.79. The molecule has 0 atom stereocenters. The lowest BCUT2D eigenvalue weighted by Gasteiger charge is -2.28. The van der Waals surface area contributed by atoms with Gasteiger partial charge in [0.05, 0.1) is 6.61 Å². The third-order valence-corrected chi connectivity index (χ3v) is 3.14. The highest BCUT2D eigenvalue weighted by Gasteiger charge is 2.27. The Kier molecular flexibility index (Phi) is 4.31. The summed E-state index contributed by atoms with van der Waals surface area (Å²) in [5.41, 5.74) is 8.87. The number of ether oxygens (including phenoxy) is 1. The number of nitrogen functional groups attached to an aromatic ring is 1. The maximum atomic E-state index is 11.9. The molecular weight excluding hydrogens is 257 g/mol. The largest absolute Gasteiger partial charge is 0.411 e. The zero-order chi connectivity index (χ0) is 13.9. The molecule has 0 amide bonds. The summed E-state index contributed by atoms with van der Waals surface area (Å²) in [6.07, 6.45) is -3.35. The highest BCUT2D eigenvalue weighted by atomic mass is 19.4. The van der Waals surface area contributed by atoms with Crippen LogP contribution >= 0.6 is 0 Å². The number of hydrogen-bond acceptors (Lipinski definition) is 3. The van der Waals surface area contributed by atoms with Gasteiger partial charge >= 0.3 is 6.18 Å². The van der Waals surface area contributed by atoms with Gasteiger partial charge in [0.2, 0.25) is 0 Å². The summed E-state index contributed by atoms with van der Waals surface area (Å²) < 4.78 is 40.4. The second-order valence-electron chi connectivity index (χ2n) is 4.72. The van der Waals surface area contributed by atoms with Crippen LogP contribution < -0.4 is 5.73 Å². The first-order valence-electron chi connectivity index (χ1n) is 6.18. The van der Waals surface area contributed by atoms with Crippen LogP contribution in [0, 0.1) is 0 Å². The topological polar surface area (TPSA) is 38.5 Å². The Morgan fingerprint density at radius 2 is 2.05 bits per heavy atom. The lowest BCUT2D eigenvalue weighted by Crippen LogP contribution is -2.34. The van der Waals surface area contributed by atoms with Gasteiger partial charge in [0.15, 0.2) is 0 Å². The predicted molar refractivity (Wildman–Crippen MR) is 66.7 cm³/mol. The van der Waals surface area contributed by atoms with Crippen molar-refractivity contribution in [2.75, 3.05) is 32.0 Å². The minimum Gasteiger partial charge on any atom is -0.399 e. The first-order valence-corrected chi connectivity index (χ1v) is 6.18. The molecule has 1 aliphatic rings. The Bertz CT molecular complexity index is 434. The van der Waals surface area contributed by atoms with Crippen molar-refractivity contribution in [1.82, 2.24) is 4.90 Å². The van der Waals surface area contributed by atoms with E-state index in [4.69, 9.17) is 5.73 Å². The van der Waals surface area contributed by atoms with Gasteiger partial charge in [-0.05, 0) is 29.7 Å². The van der Waals surface area contributed by atoms with Crippen LogP contribution in [0.4, 0.5) is 18.9 Å². The molecule has 0 spiro atoms. The third-order valence-electron chi connectivity index (χ3n) is 3.14. The molecule has 2 rings (SSSR count). The molecule has 0 fully saturated rings. The lowest BCUT2D eigenvalue weighted by atomic mass is 9.99. The summed E-state index contributed by atoms with van der Waals surface area (Å²) in [5.74, 6) is 0. The van der Waals surface area contributed by atoms with E-state index in [1.807, 2.05) is 18.2 Å². The van der Waals surface area contributed by atoms with E-state index in [1.165, 1.54) is 5.56 Å². The van der Waals surface area contributed by atoms with Crippen molar-refractivity contribution in [3.8, 4) is 0 Å². The van der Waals surface area contributed by atoms with Gasteiger partial charge in [0, 0.05) is 25.3 Å². The highest BCUT2D eigenvalue weighted by Crippen LogP contribution is 2.21. The van der Waals surface area contributed by atoms with Gasteiger partial charge in [0.25, 0.3) is 0 Å². The third kappa shape index (κ3) is 4.40. The van der Waals surface area contributed by atoms with E-state index >= 15 is 0 Å². The molecule has 0 bridgehead atoms. The fourth-order valence-electron chi connectivity index (χ4n) is 2.21. The van der Waals surface area contributed by atoms with E-state index in [2.05, 4.69) is 9.64 Å². The second-order valence-corrected chi connectivity index (χ2v) is 4.72. The number of anilines is 1. The molecule has 1 aliphatic heterocycles. The average molecular weight is 274 g/mol. The predicted octanol–water partition coefficient (Wildman–Crippen LogP) is 2.21. The maximum absolute atomic E-state index is 11.9. The molecule has 6 heteroatoms. The first-order chi connectivity index (χ1) is 8.94. The van der Waals surface area contributed by atoms with Crippen LogP contribution in [-0.4, -0.2) is 37.4 Å². The SMILES string of the molecule is Nc1ccc2c(c1)CN(CCOCC(F)(F)F)CC2. The van der Waals surface area contributed by atoms with Crippen LogP contribution in [-0.2, 0) is 17.7 Å². The molecular formula is C13H17F3N2O. The first kappa shape index (κ1) is 14.1. The average Bonchev–Trinajstić information content (AvgIpc) is 2.33. The van der Waals surface area contributed by atoms with Crippen molar-refractivity contribution >= 4 is 5.69 Å². The van der Waals surface area contributed by atoms with Crippen molar-refractivity contribution < 1.29 is 17.9 Å². The molecule has 0 radical (unpaired) electrons. The van der Waals surface area contributed by atoms with Gasteiger partial charge in [-0.25, -0.2) is 0 Å². The van der Waals surface area contributed by atoms with Crippen LogP contribution in [0.15, 0.2) is 18.2 Å². The lowest BCUT2D eigenvalue weighted by molar-refractivity contribution is -0.174. The van der Waals surface area contributed by atoms with Gasteiger partial charge in [-0.2, -0.15) is 13.2 Å². The minimum atomic E-state index is -4.25. The molecule has 2 N–H and O–H groups in total. The van der Waals surface area contributed by atoms with Crippen LogP contribution in [0.2, 0.25) is 0 Å². The molecule has 106 valence electrons. The van der Waals surface area contributed by atoms with Crippen molar-refractivity contribution in [3.63, 3.8) is 0 Å². The van der Waals surface area contributed by atoms with Gasteiger partial charge in [0.1, 0.15) is 6.61 Å². The van der Waals surface area contributed by atoms with E-state index in [0.29, 0.717) is 12.2 Å². The molecule has 0 saturated heterocycles. The Morgan fingerprint density at radius 3 is 2.79 bits per heavy atom. The minimum absolute atomic E-state index is 0.0944. The summed E-state index contributed by atoms with van der Waals surface area (Å²) in [6, 6.07) is 5.82. The quantitative estimate of drug-likeness (QED) is 0.676. The number of nitrogens with zero attached hydrogens (tertiary/aromatic N) is 1. The standard InChI is InChI=1S/C13H17F3N2O/c14-13(15,16)9-19-6-5-18-4-3-10-1-2-12(17)7-11(10)8-18/h1-2,7H,3-6,8-9,17H2. The van der Waals surface area contributed by atoms with E-state index in [0.717, 1.165) is 25.1 Å². The fraction of sp³-hybridized carbons (Fsp3) is 0.538. The molecule has 1 aromatic rings. The molecule has 0 saturated carbocycles. The number of fused-ring (bicyclic) bond motifs is 1. The van der Waals surface area contributed by atoms with E-state index in [1.54, 1.807) is 0 Å². The van der Waals surface area contributed by atoms with Gasteiger partial charge in [-0.15, -0.1) is 0 Å². The van der Waals surface area contributed by atoms with E-state index in [9.17, 15) is 13.2 Å². The van der Waals surface area contributed by atoms with E-state index in [-0.39, 0.29) is 6.61 Å². The maximum Gasteiger partial charge on any atom is 0.411 e. The highest BCUT2D eigenvalue weighted by molar-refractivity contribution is 5.45. The van der Waals surface area contributed by atoms with Crippen LogP contribution in [0.5, 0.6) is 0 Å². The summed E-state index contributed by atoms with van der Waals surface area (Å²) in [7, 11) is 0. The zero-order valence-corrected chi connectivity index (χ0v) is 10.5. The number of hydrogen-bond donors (Lipinski definition) is 1. The monoisotopic (exact) mass is 274 g/mol. The van der Waals surface area contributed by atoms with Gasteiger partial charge < -0.3 is 10.5 Å². The van der Waals surface area contributed by atoms with Crippen LogP contribution in [0.25, 0.3) is 0 Å². The number of nitrogens with two attached hydrogens (primary N) is 1. The Hall–Kier alpha value is -1.27. The normalized spacial score (nSPS) is 16.4. The summed E-state index contributed by atoms with van der Waals surface area (Å²) >= 11 is 0. The van der Waals surface area contributed by atoms with Crippen LogP contribution in [0.1, 0.15) is 11.1 Å². The number of halogens is 3. The zero-order valence-electron chi connectivity index (χ0n) is 10.5. The van der Waals surface area contributed by atoms with Crippen molar-refractivity contribution in [2.24, 2.45) is 0 Å².